The number of amides is 2. The summed E-state index contributed by atoms with van der Waals surface area (Å²) < 4.78 is 45.8. The standard InChI is InChI=1S/C30H24F3N3O5/c1-16(2)24(29(39)40)36-15-20-9-8-19(14-22(20)28(36)38)17-10-12-21(13-11-17)34-26(37)23-25(30(31,32)33)41-27(35-23)18-6-4-3-5-7-18/h3-14,16,24H,15H2,1-2H3,(H,34,37)(H,39,40). The molecule has 4 aromatic rings. The van der Waals surface area contributed by atoms with Gasteiger partial charge in [0, 0.05) is 23.4 Å². The number of hydrogen-bond acceptors (Lipinski definition) is 5. The van der Waals surface area contributed by atoms with Crippen molar-refractivity contribution in [1.29, 1.82) is 0 Å². The maximum absolute atomic E-state index is 13.6. The van der Waals surface area contributed by atoms with Gasteiger partial charge in [-0.1, -0.05) is 56.3 Å². The van der Waals surface area contributed by atoms with Gasteiger partial charge in [-0.3, -0.25) is 9.59 Å². The van der Waals surface area contributed by atoms with Gasteiger partial charge in [0.1, 0.15) is 6.04 Å². The molecule has 2 amide bonds. The van der Waals surface area contributed by atoms with Gasteiger partial charge in [0.15, 0.2) is 5.69 Å². The summed E-state index contributed by atoms with van der Waals surface area (Å²) in [5.41, 5.74) is 2.12. The molecule has 0 aliphatic carbocycles. The average molecular weight is 564 g/mol. The van der Waals surface area contributed by atoms with Crippen LogP contribution in [0.25, 0.3) is 22.6 Å². The first-order chi connectivity index (χ1) is 19.4. The van der Waals surface area contributed by atoms with Crippen molar-refractivity contribution in [1.82, 2.24) is 9.88 Å². The van der Waals surface area contributed by atoms with Crippen LogP contribution in [-0.4, -0.2) is 38.8 Å². The Hall–Kier alpha value is -4.93. The largest absolute Gasteiger partial charge is 0.480 e. The maximum Gasteiger partial charge on any atom is 0.452 e. The van der Waals surface area contributed by atoms with Crippen LogP contribution in [0.4, 0.5) is 18.9 Å². The number of nitrogens with zero attached hydrogens (tertiary/aromatic N) is 2. The molecule has 1 aliphatic rings. The summed E-state index contributed by atoms with van der Waals surface area (Å²) in [5.74, 6) is -4.62. The Labute approximate surface area is 232 Å². The van der Waals surface area contributed by atoms with E-state index in [9.17, 15) is 32.7 Å². The molecule has 5 rings (SSSR count). The third kappa shape index (κ3) is 5.43. The molecular formula is C30H24F3N3O5. The van der Waals surface area contributed by atoms with Crippen molar-refractivity contribution in [3.63, 3.8) is 0 Å². The van der Waals surface area contributed by atoms with E-state index in [1.54, 1.807) is 62.4 Å². The van der Waals surface area contributed by atoms with Gasteiger partial charge >= 0.3 is 12.1 Å². The molecule has 0 saturated carbocycles. The lowest BCUT2D eigenvalue weighted by atomic mass is 10.00. The molecule has 11 heteroatoms. The number of aromatic nitrogens is 1. The molecular weight excluding hydrogens is 539 g/mol. The molecule has 1 aliphatic heterocycles. The minimum absolute atomic E-state index is 0.197. The summed E-state index contributed by atoms with van der Waals surface area (Å²) >= 11 is 0. The second-order valence-corrected chi connectivity index (χ2v) is 9.92. The maximum atomic E-state index is 13.6. The van der Waals surface area contributed by atoms with Crippen molar-refractivity contribution in [2.24, 2.45) is 5.92 Å². The van der Waals surface area contributed by atoms with E-state index in [0.717, 1.165) is 5.56 Å². The molecule has 2 heterocycles. The third-order valence-electron chi connectivity index (χ3n) is 6.76. The number of carbonyl (C=O) groups is 3. The van der Waals surface area contributed by atoms with Crippen molar-refractivity contribution < 1.29 is 37.1 Å². The Morgan fingerprint density at radius 3 is 2.24 bits per heavy atom. The van der Waals surface area contributed by atoms with Crippen LogP contribution in [0.1, 0.15) is 46.0 Å². The molecule has 2 N–H and O–H groups in total. The van der Waals surface area contributed by atoms with Crippen molar-refractivity contribution in [3.8, 4) is 22.6 Å². The number of carbonyl (C=O) groups excluding carboxylic acids is 2. The highest BCUT2D eigenvalue weighted by molar-refractivity contribution is 6.04. The number of halogens is 3. The first-order valence-electron chi connectivity index (χ1n) is 12.7. The van der Waals surface area contributed by atoms with Gasteiger partial charge in [-0.05, 0) is 52.9 Å². The molecule has 1 aromatic heterocycles. The number of nitrogens with one attached hydrogen (secondary N) is 1. The number of benzene rings is 3. The lowest BCUT2D eigenvalue weighted by molar-refractivity contribution is -0.153. The second-order valence-electron chi connectivity index (χ2n) is 9.92. The van der Waals surface area contributed by atoms with Gasteiger partial charge in [-0.25, -0.2) is 9.78 Å². The molecule has 0 bridgehead atoms. The third-order valence-corrected chi connectivity index (χ3v) is 6.76. The number of alkyl halides is 3. The van der Waals surface area contributed by atoms with E-state index >= 15 is 0 Å². The summed E-state index contributed by atoms with van der Waals surface area (Å²) in [5, 5.41) is 12.0. The average Bonchev–Trinajstić information content (AvgIpc) is 3.52. The molecule has 1 unspecified atom stereocenters. The molecule has 0 spiro atoms. The number of fused-ring (bicyclic) bond motifs is 1. The highest BCUT2D eigenvalue weighted by Gasteiger charge is 2.42. The van der Waals surface area contributed by atoms with E-state index in [4.69, 9.17) is 4.42 Å². The van der Waals surface area contributed by atoms with E-state index in [1.807, 2.05) is 0 Å². The van der Waals surface area contributed by atoms with Crippen LogP contribution < -0.4 is 5.32 Å². The Kier molecular flexibility index (Phi) is 7.12. The summed E-state index contributed by atoms with van der Waals surface area (Å²) in [7, 11) is 0. The lowest BCUT2D eigenvalue weighted by Crippen LogP contribution is -2.44. The van der Waals surface area contributed by atoms with Crippen molar-refractivity contribution in [2.45, 2.75) is 32.6 Å². The number of carboxylic acid groups (broad SMARTS) is 1. The van der Waals surface area contributed by atoms with Crippen LogP contribution in [0.3, 0.4) is 0 Å². The van der Waals surface area contributed by atoms with E-state index < -0.39 is 35.5 Å². The number of anilines is 1. The molecule has 0 fully saturated rings. The quantitative estimate of drug-likeness (QED) is 0.271. The van der Waals surface area contributed by atoms with Crippen molar-refractivity contribution in [2.75, 3.05) is 5.32 Å². The zero-order valence-electron chi connectivity index (χ0n) is 21.9. The van der Waals surface area contributed by atoms with Gasteiger partial charge in [0.2, 0.25) is 11.7 Å². The zero-order chi connectivity index (χ0) is 29.5. The van der Waals surface area contributed by atoms with E-state index in [2.05, 4.69) is 10.3 Å². The van der Waals surface area contributed by atoms with Crippen LogP contribution in [0.5, 0.6) is 0 Å². The fourth-order valence-electron chi connectivity index (χ4n) is 4.81. The Morgan fingerprint density at radius 2 is 1.63 bits per heavy atom. The normalized spacial score (nSPS) is 13.8. The molecule has 1 atom stereocenters. The van der Waals surface area contributed by atoms with Crippen LogP contribution in [0, 0.1) is 5.92 Å². The van der Waals surface area contributed by atoms with Crippen LogP contribution in [0.2, 0.25) is 0 Å². The number of carboxylic acids is 1. The first-order valence-corrected chi connectivity index (χ1v) is 12.7. The topological polar surface area (TPSA) is 113 Å². The SMILES string of the molecule is CC(C)C(C(=O)O)N1Cc2ccc(-c3ccc(NC(=O)c4nc(-c5ccccc5)oc4C(F)(F)F)cc3)cc2C1=O. The number of rotatable bonds is 7. The van der Waals surface area contributed by atoms with Crippen LogP contribution in [0.15, 0.2) is 77.2 Å². The summed E-state index contributed by atoms with van der Waals surface area (Å²) in [6.07, 6.45) is -4.93. The predicted molar refractivity (Wildman–Crippen MR) is 143 cm³/mol. The number of hydrogen-bond donors (Lipinski definition) is 2. The molecule has 8 nitrogen and oxygen atoms in total. The minimum Gasteiger partial charge on any atom is -0.480 e. The molecule has 41 heavy (non-hydrogen) atoms. The fraction of sp³-hybridized carbons (Fsp3) is 0.200. The lowest BCUT2D eigenvalue weighted by Gasteiger charge is -2.27. The van der Waals surface area contributed by atoms with Gasteiger partial charge in [-0.2, -0.15) is 13.2 Å². The monoisotopic (exact) mass is 563 g/mol. The summed E-state index contributed by atoms with van der Waals surface area (Å²) in [6, 6.07) is 18.6. The van der Waals surface area contributed by atoms with Crippen molar-refractivity contribution >= 4 is 23.5 Å². The van der Waals surface area contributed by atoms with Crippen LogP contribution >= 0.6 is 0 Å². The fourth-order valence-corrected chi connectivity index (χ4v) is 4.81. The van der Waals surface area contributed by atoms with Crippen molar-refractivity contribution in [3.05, 3.63) is 95.4 Å². The van der Waals surface area contributed by atoms with Crippen LogP contribution in [-0.2, 0) is 17.5 Å². The number of aliphatic carboxylic acids is 1. The summed E-state index contributed by atoms with van der Waals surface area (Å²) in [6.45, 7) is 3.69. The smallest absolute Gasteiger partial charge is 0.452 e. The zero-order valence-corrected chi connectivity index (χ0v) is 21.9. The van der Waals surface area contributed by atoms with Gasteiger partial charge in [0.25, 0.3) is 11.8 Å². The Morgan fingerprint density at radius 1 is 0.976 bits per heavy atom. The van der Waals surface area contributed by atoms with Gasteiger partial charge < -0.3 is 19.7 Å². The summed E-state index contributed by atoms with van der Waals surface area (Å²) in [4.78, 5) is 42.8. The van der Waals surface area contributed by atoms with Gasteiger partial charge in [-0.15, -0.1) is 0 Å². The molecule has 3 aromatic carbocycles. The predicted octanol–water partition coefficient (Wildman–Crippen LogP) is 6.34. The van der Waals surface area contributed by atoms with E-state index in [0.29, 0.717) is 22.3 Å². The van der Waals surface area contributed by atoms with Gasteiger partial charge in [0.05, 0.1) is 0 Å². The first kappa shape index (κ1) is 27.6. The number of oxazole rings is 1. The molecule has 0 saturated heterocycles. The Balaban J connectivity index is 1.35. The highest BCUT2D eigenvalue weighted by Crippen LogP contribution is 2.36. The van der Waals surface area contributed by atoms with E-state index in [-0.39, 0.29) is 29.9 Å². The molecule has 0 radical (unpaired) electrons. The van der Waals surface area contributed by atoms with E-state index in [1.165, 1.54) is 29.2 Å². The second kappa shape index (κ2) is 10.6. The highest BCUT2D eigenvalue weighted by atomic mass is 19.4. The minimum atomic E-state index is -4.93. The Bertz CT molecular complexity index is 1630. The molecule has 210 valence electrons.